The second-order valence-electron chi connectivity index (χ2n) is 9.28. The number of Topliss-reactive ketones (excluding diaryl/α,β-unsaturated/α-hetero) is 1. The standard InChI is InChI=1S/C29H32N4O2/c1-2-15-31-17-19-32(20-18-31)24-13-11-23(12-14-24)30-29(35)28(34)27-26(22-8-4-3-5-9-22)21-25-10-6-7-16-33(25)27/h2-5,8-9,11-14,21H,1,6-7,10,15-20H2,(H,30,35). The second kappa shape index (κ2) is 10.3. The van der Waals surface area contributed by atoms with Gasteiger partial charge in [-0.2, -0.15) is 0 Å². The number of benzene rings is 2. The summed E-state index contributed by atoms with van der Waals surface area (Å²) in [6.45, 7) is 9.43. The maximum Gasteiger partial charge on any atom is 0.298 e. The van der Waals surface area contributed by atoms with E-state index in [1.165, 1.54) is 0 Å². The van der Waals surface area contributed by atoms with Crippen LogP contribution >= 0.6 is 0 Å². The first-order valence-corrected chi connectivity index (χ1v) is 12.5. The summed E-state index contributed by atoms with van der Waals surface area (Å²) in [5, 5.41) is 2.83. The van der Waals surface area contributed by atoms with Crippen molar-refractivity contribution in [3.8, 4) is 11.1 Å². The predicted octanol–water partition coefficient (Wildman–Crippen LogP) is 4.62. The van der Waals surface area contributed by atoms with Gasteiger partial charge in [-0.3, -0.25) is 14.5 Å². The smallest absolute Gasteiger partial charge is 0.298 e. The van der Waals surface area contributed by atoms with Crippen molar-refractivity contribution in [2.45, 2.75) is 25.8 Å². The highest BCUT2D eigenvalue weighted by Gasteiger charge is 2.28. The molecule has 0 saturated carbocycles. The minimum Gasteiger partial charge on any atom is -0.369 e. The molecule has 1 aromatic heterocycles. The Morgan fingerprint density at radius 3 is 2.37 bits per heavy atom. The molecular weight excluding hydrogens is 436 g/mol. The van der Waals surface area contributed by atoms with Crippen molar-refractivity contribution in [2.75, 3.05) is 42.9 Å². The van der Waals surface area contributed by atoms with Gasteiger partial charge in [0.05, 0.1) is 0 Å². The van der Waals surface area contributed by atoms with E-state index >= 15 is 0 Å². The van der Waals surface area contributed by atoms with Gasteiger partial charge in [-0.05, 0) is 55.2 Å². The SMILES string of the molecule is C=CCN1CCN(c2ccc(NC(=O)C(=O)c3c(-c4ccccc4)cc4n3CCCC4)cc2)CC1. The summed E-state index contributed by atoms with van der Waals surface area (Å²) in [5.41, 5.74) is 5.18. The van der Waals surface area contributed by atoms with Crippen molar-refractivity contribution >= 4 is 23.1 Å². The Kier molecular flexibility index (Phi) is 6.82. The number of fused-ring (bicyclic) bond motifs is 1. The van der Waals surface area contributed by atoms with Crippen LogP contribution in [0.2, 0.25) is 0 Å². The molecule has 5 rings (SSSR count). The number of ketones is 1. The van der Waals surface area contributed by atoms with Crippen molar-refractivity contribution in [2.24, 2.45) is 0 Å². The number of hydrogen-bond donors (Lipinski definition) is 1. The molecule has 0 bridgehead atoms. The molecule has 0 atom stereocenters. The van der Waals surface area contributed by atoms with Gasteiger partial charge in [-0.15, -0.1) is 6.58 Å². The van der Waals surface area contributed by atoms with E-state index < -0.39 is 11.7 Å². The van der Waals surface area contributed by atoms with Crippen molar-refractivity contribution in [3.63, 3.8) is 0 Å². The molecule has 6 nitrogen and oxygen atoms in total. The fourth-order valence-corrected chi connectivity index (χ4v) is 5.15. The lowest BCUT2D eigenvalue weighted by molar-refractivity contribution is -0.112. The third kappa shape index (κ3) is 4.93. The number of carbonyl (C=O) groups excluding carboxylic acids is 2. The summed E-state index contributed by atoms with van der Waals surface area (Å²) in [4.78, 5) is 31.2. The van der Waals surface area contributed by atoms with Crippen LogP contribution in [0.4, 0.5) is 11.4 Å². The molecule has 35 heavy (non-hydrogen) atoms. The first kappa shape index (κ1) is 23.1. The van der Waals surface area contributed by atoms with Crippen molar-refractivity contribution < 1.29 is 9.59 Å². The first-order valence-electron chi connectivity index (χ1n) is 12.5. The van der Waals surface area contributed by atoms with Gasteiger partial charge in [0.15, 0.2) is 0 Å². The summed E-state index contributed by atoms with van der Waals surface area (Å²) in [5.74, 6) is -1.08. The number of amides is 1. The Balaban J connectivity index is 1.31. The molecule has 1 amide bonds. The van der Waals surface area contributed by atoms with Crippen LogP contribution < -0.4 is 10.2 Å². The third-order valence-electron chi connectivity index (χ3n) is 7.00. The Morgan fingerprint density at radius 1 is 0.914 bits per heavy atom. The second-order valence-corrected chi connectivity index (χ2v) is 9.28. The van der Waals surface area contributed by atoms with Gasteiger partial charge in [0.2, 0.25) is 0 Å². The van der Waals surface area contributed by atoms with Crippen molar-refractivity contribution in [1.29, 1.82) is 0 Å². The molecule has 2 aromatic carbocycles. The summed E-state index contributed by atoms with van der Waals surface area (Å²) in [7, 11) is 0. The van der Waals surface area contributed by atoms with E-state index in [-0.39, 0.29) is 0 Å². The lowest BCUT2D eigenvalue weighted by Gasteiger charge is -2.35. The van der Waals surface area contributed by atoms with E-state index in [2.05, 4.69) is 27.8 Å². The topological polar surface area (TPSA) is 57.6 Å². The average Bonchev–Trinajstić information content (AvgIpc) is 3.29. The van der Waals surface area contributed by atoms with Gasteiger partial charge in [0.25, 0.3) is 11.7 Å². The number of piperazine rings is 1. The van der Waals surface area contributed by atoms with Gasteiger partial charge < -0.3 is 14.8 Å². The number of aryl methyl sites for hydroxylation is 1. The number of carbonyl (C=O) groups is 2. The minimum absolute atomic E-state index is 0.487. The van der Waals surface area contributed by atoms with Gasteiger partial charge >= 0.3 is 0 Å². The molecular formula is C29H32N4O2. The van der Waals surface area contributed by atoms with Crippen LogP contribution in [-0.2, 0) is 17.8 Å². The lowest BCUT2D eigenvalue weighted by atomic mass is 10.0. The van der Waals surface area contributed by atoms with Crippen LogP contribution in [0.1, 0.15) is 29.0 Å². The molecule has 0 aliphatic carbocycles. The molecule has 1 fully saturated rings. The first-order chi connectivity index (χ1) is 17.1. The van der Waals surface area contributed by atoms with E-state index in [1.54, 1.807) is 0 Å². The van der Waals surface area contributed by atoms with Gasteiger partial charge in [0.1, 0.15) is 5.69 Å². The van der Waals surface area contributed by atoms with Crippen LogP contribution in [0.5, 0.6) is 0 Å². The Hall–Kier alpha value is -3.64. The zero-order valence-corrected chi connectivity index (χ0v) is 20.1. The van der Waals surface area contributed by atoms with E-state index in [0.717, 1.165) is 81.0 Å². The molecule has 2 aliphatic heterocycles. The molecule has 1 saturated heterocycles. The highest BCUT2D eigenvalue weighted by molar-refractivity contribution is 6.47. The van der Waals surface area contributed by atoms with E-state index in [9.17, 15) is 9.59 Å². The Labute approximate surface area is 206 Å². The van der Waals surface area contributed by atoms with E-state index in [0.29, 0.717) is 11.4 Å². The lowest BCUT2D eigenvalue weighted by Crippen LogP contribution is -2.46. The van der Waals surface area contributed by atoms with Crippen LogP contribution in [-0.4, -0.2) is 53.9 Å². The van der Waals surface area contributed by atoms with Crippen LogP contribution in [0.25, 0.3) is 11.1 Å². The molecule has 6 heteroatoms. The molecule has 3 aromatic rings. The number of aromatic nitrogens is 1. The normalized spacial score (nSPS) is 15.9. The number of rotatable bonds is 7. The number of anilines is 2. The zero-order valence-electron chi connectivity index (χ0n) is 20.1. The van der Waals surface area contributed by atoms with Gasteiger partial charge in [0, 0.05) is 61.9 Å². The maximum atomic E-state index is 13.4. The van der Waals surface area contributed by atoms with Gasteiger partial charge in [-0.25, -0.2) is 0 Å². The largest absolute Gasteiger partial charge is 0.369 e. The molecule has 2 aliphatic rings. The number of hydrogen-bond acceptors (Lipinski definition) is 4. The Morgan fingerprint density at radius 2 is 1.66 bits per heavy atom. The van der Waals surface area contributed by atoms with Crippen LogP contribution in [0, 0.1) is 0 Å². The van der Waals surface area contributed by atoms with Crippen molar-refractivity contribution in [1.82, 2.24) is 9.47 Å². The Bertz CT molecular complexity index is 1210. The maximum absolute atomic E-state index is 13.4. The highest BCUT2D eigenvalue weighted by Crippen LogP contribution is 2.31. The monoisotopic (exact) mass is 468 g/mol. The zero-order chi connectivity index (χ0) is 24.2. The fraction of sp³-hybridized carbons (Fsp3) is 0.310. The quantitative estimate of drug-likeness (QED) is 0.312. The summed E-state index contributed by atoms with van der Waals surface area (Å²) < 4.78 is 2.04. The summed E-state index contributed by atoms with van der Waals surface area (Å²) in [6, 6.07) is 19.7. The molecule has 0 unspecified atom stereocenters. The van der Waals surface area contributed by atoms with Crippen LogP contribution in [0.15, 0.2) is 73.3 Å². The highest BCUT2D eigenvalue weighted by atomic mass is 16.2. The summed E-state index contributed by atoms with van der Waals surface area (Å²) >= 11 is 0. The molecule has 0 spiro atoms. The molecule has 0 radical (unpaired) electrons. The van der Waals surface area contributed by atoms with Crippen molar-refractivity contribution in [3.05, 3.63) is 84.7 Å². The fourth-order valence-electron chi connectivity index (χ4n) is 5.15. The minimum atomic E-state index is -0.598. The average molecular weight is 469 g/mol. The third-order valence-corrected chi connectivity index (χ3v) is 7.00. The van der Waals surface area contributed by atoms with E-state index in [1.807, 2.05) is 65.2 Å². The summed E-state index contributed by atoms with van der Waals surface area (Å²) in [6.07, 6.45) is 4.99. The predicted molar refractivity (Wildman–Crippen MR) is 141 cm³/mol. The molecule has 180 valence electrons. The number of nitrogens with zero attached hydrogens (tertiary/aromatic N) is 3. The molecule has 1 N–H and O–H groups in total. The molecule has 3 heterocycles. The van der Waals surface area contributed by atoms with Gasteiger partial charge in [-0.1, -0.05) is 36.4 Å². The number of nitrogens with one attached hydrogen (secondary N) is 1. The van der Waals surface area contributed by atoms with E-state index in [4.69, 9.17) is 0 Å². The van der Waals surface area contributed by atoms with Crippen LogP contribution in [0.3, 0.4) is 0 Å².